The Morgan fingerprint density at radius 1 is 1.10 bits per heavy atom. The summed E-state index contributed by atoms with van der Waals surface area (Å²) in [5, 5.41) is 3.54. The van der Waals surface area contributed by atoms with E-state index in [1.165, 1.54) is 16.7 Å². The predicted octanol–water partition coefficient (Wildman–Crippen LogP) is 4.30. The molecule has 0 amide bonds. The molecule has 0 spiro atoms. The van der Waals surface area contributed by atoms with Crippen LogP contribution in [0.1, 0.15) is 55.6 Å². The summed E-state index contributed by atoms with van der Waals surface area (Å²) in [6, 6.07) is 13.6. The first-order valence-electron chi connectivity index (χ1n) is 7.99. The first-order valence-corrected chi connectivity index (χ1v) is 7.99. The topological polar surface area (TPSA) is 24.9 Å². The Hall–Kier alpha value is -1.67. The second-order valence-corrected chi connectivity index (χ2v) is 5.61. The second kappa shape index (κ2) is 7.94. The molecule has 0 aliphatic carbocycles. The van der Waals surface area contributed by atoms with Crippen molar-refractivity contribution in [2.75, 3.05) is 6.54 Å². The summed E-state index contributed by atoms with van der Waals surface area (Å²) in [5.74, 6) is 0. The van der Waals surface area contributed by atoms with Gasteiger partial charge in [0.05, 0.1) is 0 Å². The molecule has 0 saturated carbocycles. The van der Waals surface area contributed by atoms with Crippen LogP contribution in [0.2, 0.25) is 0 Å². The number of nitrogens with zero attached hydrogens (tertiary/aromatic N) is 1. The molecule has 0 fully saturated rings. The van der Waals surface area contributed by atoms with E-state index in [4.69, 9.17) is 0 Å². The lowest BCUT2D eigenvalue weighted by Crippen LogP contribution is -2.19. The number of pyridine rings is 1. The van der Waals surface area contributed by atoms with Gasteiger partial charge in [-0.15, -0.1) is 0 Å². The number of hydrogen-bond acceptors (Lipinski definition) is 2. The van der Waals surface area contributed by atoms with Crippen molar-refractivity contribution >= 4 is 0 Å². The Morgan fingerprint density at radius 3 is 2.62 bits per heavy atom. The monoisotopic (exact) mass is 282 g/mol. The van der Waals surface area contributed by atoms with Crippen LogP contribution in [0.5, 0.6) is 0 Å². The molecule has 2 aromatic rings. The molecule has 21 heavy (non-hydrogen) atoms. The molecule has 1 unspecified atom stereocenters. The highest BCUT2D eigenvalue weighted by molar-refractivity contribution is 5.29. The van der Waals surface area contributed by atoms with Gasteiger partial charge in [-0.1, -0.05) is 44.2 Å². The van der Waals surface area contributed by atoms with Crippen molar-refractivity contribution in [1.29, 1.82) is 0 Å². The van der Waals surface area contributed by atoms with Crippen LogP contribution in [-0.4, -0.2) is 11.5 Å². The maximum absolute atomic E-state index is 4.55. The van der Waals surface area contributed by atoms with Gasteiger partial charge in [0.15, 0.2) is 0 Å². The molecule has 0 radical (unpaired) electrons. The van der Waals surface area contributed by atoms with Crippen molar-refractivity contribution in [1.82, 2.24) is 10.3 Å². The minimum atomic E-state index is 0.403. The van der Waals surface area contributed by atoms with Gasteiger partial charge < -0.3 is 5.32 Å². The zero-order valence-corrected chi connectivity index (χ0v) is 13.4. The molecule has 0 aliphatic rings. The molecular formula is C19H26N2. The lowest BCUT2D eigenvalue weighted by molar-refractivity contribution is 0.570. The molecule has 1 aromatic carbocycles. The van der Waals surface area contributed by atoms with Crippen LogP contribution in [0.25, 0.3) is 0 Å². The van der Waals surface area contributed by atoms with Crippen molar-refractivity contribution in [3.05, 3.63) is 65.0 Å². The Labute approximate surface area is 128 Å². The molecule has 2 heteroatoms. The second-order valence-electron chi connectivity index (χ2n) is 5.61. The quantitative estimate of drug-likeness (QED) is 0.819. The summed E-state index contributed by atoms with van der Waals surface area (Å²) in [5.41, 5.74) is 5.11. The van der Waals surface area contributed by atoms with E-state index in [0.717, 1.165) is 31.5 Å². The van der Waals surface area contributed by atoms with Crippen LogP contribution in [0.3, 0.4) is 0 Å². The highest BCUT2D eigenvalue weighted by atomic mass is 14.9. The van der Waals surface area contributed by atoms with Crippen molar-refractivity contribution in [3.8, 4) is 0 Å². The fourth-order valence-corrected chi connectivity index (χ4v) is 2.43. The molecule has 0 aliphatic heterocycles. The van der Waals surface area contributed by atoms with Crippen molar-refractivity contribution in [3.63, 3.8) is 0 Å². The highest BCUT2D eigenvalue weighted by Crippen LogP contribution is 2.16. The molecule has 1 N–H and O–H groups in total. The van der Waals surface area contributed by atoms with Crippen molar-refractivity contribution < 1.29 is 0 Å². The average Bonchev–Trinajstić information content (AvgIpc) is 2.53. The zero-order chi connectivity index (χ0) is 15.1. The van der Waals surface area contributed by atoms with Crippen molar-refractivity contribution in [2.45, 2.75) is 46.1 Å². The van der Waals surface area contributed by atoms with Crippen LogP contribution in [0, 0.1) is 0 Å². The van der Waals surface area contributed by atoms with E-state index < -0.39 is 0 Å². The minimum Gasteiger partial charge on any atom is -0.310 e. The van der Waals surface area contributed by atoms with Gasteiger partial charge in [-0.3, -0.25) is 4.98 Å². The standard InChI is InChI=1S/C19H26N2/c1-4-11-20-15(3)18-8-6-7-17(12-18)13-19-10-9-16(5-2)14-21-19/h6-10,12,14-15,20H,4-5,11,13H2,1-3H3. The number of nitrogens with one attached hydrogen (secondary N) is 1. The average molecular weight is 282 g/mol. The van der Waals surface area contributed by atoms with Gasteiger partial charge in [0.2, 0.25) is 0 Å². The van der Waals surface area contributed by atoms with Gasteiger partial charge in [0.1, 0.15) is 0 Å². The molecule has 0 bridgehead atoms. The van der Waals surface area contributed by atoms with E-state index in [1.54, 1.807) is 0 Å². The fourth-order valence-electron chi connectivity index (χ4n) is 2.43. The molecular weight excluding hydrogens is 256 g/mol. The van der Waals surface area contributed by atoms with E-state index in [-0.39, 0.29) is 0 Å². The van der Waals surface area contributed by atoms with Gasteiger partial charge in [-0.2, -0.15) is 0 Å². The van der Waals surface area contributed by atoms with E-state index in [0.29, 0.717) is 6.04 Å². The fraction of sp³-hybridized carbons (Fsp3) is 0.421. The summed E-state index contributed by atoms with van der Waals surface area (Å²) in [6.07, 6.45) is 5.10. The lowest BCUT2D eigenvalue weighted by Gasteiger charge is -2.14. The number of aromatic nitrogens is 1. The van der Waals surface area contributed by atoms with Gasteiger partial charge in [-0.25, -0.2) is 0 Å². The number of aryl methyl sites for hydroxylation is 1. The van der Waals surface area contributed by atoms with Gasteiger partial charge >= 0.3 is 0 Å². The predicted molar refractivity (Wildman–Crippen MR) is 89.6 cm³/mol. The summed E-state index contributed by atoms with van der Waals surface area (Å²) in [4.78, 5) is 4.55. The minimum absolute atomic E-state index is 0.403. The molecule has 1 heterocycles. The summed E-state index contributed by atoms with van der Waals surface area (Å²) >= 11 is 0. The molecule has 112 valence electrons. The maximum Gasteiger partial charge on any atom is 0.0447 e. The van der Waals surface area contributed by atoms with E-state index >= 15 is 0 Å². The highest BCUT2D eigenvalue weighted by Gasteiger charge is 2.05. The zero-order valence-electron chi connectivity index (χ0n) is 13.4. The summed E-state index contributed by atoms with van der Waals surface area (Å²) < 4.78 is 0. The van der Waals surface area contributed by atoms with Crippen LogP contribution in [0.4, 0.5) is 0 Å². The smallest absolute Gasteiger partial charge is 0.0447 e. The summed E-state index contributed by atoms with van der Waals surface area (Å²) in [7, 11) is 0. The Bertz CT molecular complexity index is 546. The lowest BCUT2D eigenvalue weighted by atomic mass is 10.0. The molecule has 1 atom stereocenters. The number of hydrogen-bond donors (Lipinski definition) is 1. The van der Waals surface area contributed by atoms with Crippen LogP contribution < -0.4 is 5.32 Å². The van der Waals surface area contributed by atoms with Crippen molar-refractivity contribution in [2.24, 2.45) is 0 Å². The molecule has 2 nitrogen and oxygen atoms in total. The first kappa shape index (κ1) is 15.7. The third-order valence-corrected chi connectivity index (χ3v) is 3.83. The van der Waals surface area contributed by atoms with Crippen LogP contribution >= 0.6 is 0 Å². The number of rotatable bonds is 7. The number of benzene rings is 1. The molecule has 2 rings (SSSR count). The summed E-state index contributed by atoms with van der Waals surface area (Å²) in [6.45, 7) is 7.64. The van der Waals surface area contributed by atoms with Gasteiger partial charge in [-0.05, 0) is 49.1 Å². The van der Waals surface area contributed by atoms with E-state index in [9.17, 15) is 0 Å². The maximum atomic E-state index is 4.55. The third kappa shape index (κ3) is 4.68. The van der Waals surface area contributed by atoms with Gasteiger partial charge in [0, 0.05) is 24.4 Å². The molecule has 1 aromatic heterocycles. The molecule has 0 saturated heterocycles. The normalized spacial score (nSPS) is 12.3. The van der Waals surface area contributed by atoms with Crippen LogP contribution in [0.15, 0.2) is 42.6 Å². The largest absolute Gasteiger partial charge is 0.310 e. The van der Waals surface area contributed by atoms with Gasteiger partial charge in [0.25, 0.3) is 0 Å². The Morgan fingerprint density at radius 2 is 1.95 bits per heavy atom. The first-order chi connectivity index (χ1) is 10.2. The van der Waals surface area contributed by atoms with E-state index in [2.05, 4.69) is 67.5 Å². The van der Waals surface area contributed by atoms with E-state index in [1.807, 2.05) is 6.20 Å². The Kier molecular flexibility index (Phi) is 5.94. The van der Waals surface area contributed by atoms with Crippen LogP contribution in [-0.2, 0) is 12.8 Å². The Balaban J connectivity index is 2.06. The third-order valence-electron chi connectivity index (χ3n) is 3.83. The SMILES string of the molecule is CCCNC(C)c1cccc(Cc2ccc(CC)cn2)c1.